The molecule has 1 atom stereocenters. The van der Waals surface area contributed by atoms with Crippen molar-refractivity contribution in [2.45, 2.75) is 33.7 Å². The Morgan fingerprint density at radius 3 is 2.58 bits per heavy atom. The van der Waals surface area contributed by atoms with Gasteiger partial charge in [-0.15, -0.1) is 24.0 Å². The second kappa shape index (κ2) is 9.12. The number of hydrogen-bond donors (Lipinski definition) is 2. The number of nitrogens with one attached hydrogen (secondary N) is 2. The van der Waals surface area contributed by atoms with Crippen LogP contribution in [0, 0.1) is 12.7 Å². The lowest BCUT2D eigenvalue weighted by Gasteiger charge is -2.18. The van der Waals surface area contributed by atoms with E-state index in [1.54, 1.807) is 19.1 Å². The molecule has 1 rings (SSSR count). The lowest BCUT2D eigenvalue weighted by atomic mass is 10.1. The van der Waals surface area contributed by atoms with Crippen LogP contribution >= 0.6 is 24.0 Å². The summed E-state index contributed by atoms with van der Waals surface area (Å²) in [5, 5.41) is 6.41. The van der Waals surface area contributed by atoms with Crippen LogP contribution in [0.1, 0.15) is 37.9 Å². The molecular formula is C14H23FIN3. The van der Waals surface area contributed by atoms with Crippen LogP contribution in [0.25, 0.3) is 0 Å². The number of hydrogen-bond acceptors (Lipinski definition) is 1. The Morgan fingerprint density at radius 2 is 2.05 bits per heavy atom. The van der Waals surface area contributed by atoms with E-state index >= 15 is 0 Å². The number of nitrogens with zero attached hydrogens (tertiary/aromatic N) is 1. The second-order valence-electron chi connectivity index (χ2n) is 4.23. The van der Waals surface area contributed by atoms with Crippen LogP contribution in [-0.2, 0) is 0 Å². The second-order valence-corrected chi connectivity index (χ2v) is 4.23. The molecule has 0 radical (unpaired) electrons. The van der Waals surface area contributed by atoms with E-state index in [0.717, 1.165) is 18.1 Å². The molecule has 1 unspecified atom stereocenters. The third kappa shape index (κ3) is 5.76. The topological polar surface area (TPSA) is 36.4 Å². The standard InChI is InChI=1S/C14H22FN3.HI/c1-5-16-14(17-6-2)18-11(4)12-8-7-10(3)13(15)9-12;/h7-9,11H,5-6H2,1-4H3,(H2,16,17,18);1H. The average molecular weight is 379 g/mol. The fraction of sp³-hybridized carbons (Fsp3) is 0.500. The van der Waals surface area contributed by atoms with Gasteiger partial charge in [-0.25, -0.2) is 4.39 Å². The Kier molecular flexibility index (Phi) is 8.71. The van der Waals surface area contributed by atoms with Gasteiger partial charge in [0.25, 0.3) is 0 Å². The lowest BCUT2D eigenvalue weighted by molar-refractivity contribution is 0.607. The summed E-state index contributed by atoms with van der Waals surface area (Å²) < 4.78 is 13.5. The maximum absolute atomic E-state index is 13.5. The Labute approximate surface area is 132 Å². The zero-order chi connectivity index (χ0) is 13.5. The number of benzene rings is 1. The van der Waals surface area contributed by atoms with Crippen molar-refractivity contribution in [1.29, 1.82) is 0 Å². The van der Waals surface area contributed by atoms with Crippen molar-refractivity contribution < 1.29 is 4.39 Å². The number of aliphatic imine (C=N–C) groups is 1. The van der Waals surface area contributed by atoms with Gasteiger partial charge in [-0.3, -0.25) is 4.99 Å². The minimum atomic E-state index is -0.168. The van der Waals surface area contributed by atoms with Gasteiger partial charge in [0, 0.05) is 13.1 Å². The molecule has 0 aliphatic carbocycles. The van der Waals surface area contributed by atoms with Crippen molar-refractivity contribution in [2.24, 2.45) is 4.99 Å². The summed E-state index contributed by atoms with van der Waals surface area (Å²) in [5.41, 5.74) is 1.58. The molecule has 0 fully saturated rings. The van der Waals surface area contributed by atoms with Crippen molar-refractivity contribution in [3.63, 3.8) is 0 Å². The van der Waals surface area contributed by atoms with Crippen LogP contribution in [0.15, 0.2) is 23.2 Å². The highest BCUT2D eigenvalue weighted by Gasteiger charge is 2.09. The highest BCUT2D eigenvalue weighted by molar-refractivity contribution is 14.0. The van der Waals surface area contributed by atoms with Crippen LogP contribution in [0.5, 0.6) is 0 Å². The highest BCUT2D eigenvalue weighted by Crippen LogP contribution is 2.16. The molecule has 0 amide bonds. The molecule has 0 aromatic heterocycles. The van der Waals surface area contributed by atoms with Gasteiger partial charge in [0.05, 0.1) is 6.04 Å². The summed E-state index contributed by atoms with van der Waals surface area (Å²) in [6.45, 7) is 9.27. The first-order valence-corrected chi connectivity index (χ1v) is 6.39. The molecule has 5 heteroatoms. The van der Waals surface area contributed by atoms with Gasteiger partial charge in [0.1, 0.15) is 5.82 Å². The zero-order valence-electron chi connectivity index (χ0n) is 12.0. The molecule has 0 aliphatic rings. The van der Waals surface area contributed by atoms with Crippen molar-refractivity contribution in [1.82, 2.24) is 10.6 Å². The van der Waals surface area contributed by atoms with E-state index in [-0.39, 0.29) is 35.8 Å². The molecule has 0 bridgehead atoms. The number of halogens is 2. The third-order valence-electron chi connectivity index (χ3n) is 2.71. The van der Waals surface area contributed by atoms with Crippen molar-refractivity contribution in [3.05, 3.63) is 35.1 Å². The Hall–Kier alpha value is -0.850. The summed E-state index contributed by atoms with van der Waals surface area (Å²) in [7, 11) is 0. The maximum atomic E-state index is 13.5. The van der Waals surface area contributed by atoms with Crippen LogP contribution in [0.4, 0.5) is 4.39 Å². The minimum absolute atomic E-state index is 0. The first-order valence-electron chi connectivity index (χ1n) is 6.39. The van der Waals surface area contributed by atoms with Crippen molar-refractivity contribution >= 4 is 29.9 Å². The molecule has 0 aliphatic heterocycles. The third-order valence-corrected chi connectivity index (χ3v) is 2.71. The van der Waals surface area contributed by atoms with E-state index in [2.05, 4.69) is 15.6 Å². The molecule has 0 saturated heterocycles. The van der Waals surface area contributed by atoms with Gasteiger partial charge in [-0.1, -0.05) is 12.1 Å². The molecule has 0 spiro atoms. The van der Waals surface area contributed by atoms with E-state index in [4.69, 9.17) is 0 Å². The smallest absolute Gasteiger partial charge is 0.191 e. The van der Waals surface area contributed by atoms with Crippen LogP contribution in [-0.4, -0.2) is 19.0 Å². The van der Waals surface area contributed by atoms with E-state index in [1.165, 1.54) is 0 Å². The largest absolute Gasteiger partial charge is 0.357 e. The van der Waals surface area contributed by atoms with E-state index in [0.29, 0.717) is 12.1 Å². The van der Waals surface area contributed by atoms with Crippen molar-refractivity contribution in [2.75, 3.05) is 13.1 Å². The van der Waals surface area contributed by atoms with E-state index in [1.807, 2.05) is 26.8 Å². The van der Waals surface area contributed by atoms with Gasteiger partial charge in [0.15, 0.2) is 5.96 Å². The minimum Gasteiger partial charge on any atom is -0.357 e. The van der Waals surface area contributed by atoms with Crippen molar-refractivity contribution in [3.8, 4) is 0 Å². The highest BCUT2D eigenvalue weighted by atomic mass is 127. The zero-order valence-corrected chi connectivity index (χ0v) is 14.3. The molecular weight excluding hydrogens is 356 g/mol. The lowest BCUT2D eigenvalue weighted by Crippen LogP contribution is -2.38. The maximum Gasteiger partial charge on any atom is 0.191 e. The molecule has 3 nitrogen and oxygen atoms in total. The predicted octanol–water partition coefficient (Wildman–Crippen LogP) is 3.39. The molecule has 108 valence electrons. The fourth-order valence-electron chi connectivity index (χ4n) is 1.64. The monoisotopic (exact) mass is 379 g/mol. The molecule has 1 aromatic carbocycles. The number of aryl methyl sites for hydroxylation is 1. The number of guanidine groups is 1. The van der Waals surface area contributed by atoms with E-state index < -0.39 is 0 Å². The van der Waals surface area contributed by atoms with Gasteiger partial charge in [-0.05, 0) is 44.9 Å². The molecule has 19 heavy (non-hydrogen) atoms. The molecule has 0 heterocycles. The Balaban J connectivity index is 0.00000324. The summed E-state index contributed by atoms with van der Waals surface area (Å²) in [6.07, 6.45) is 0. The van der Waals surface area contributed by atoms with Gasteiger partial charge in [-0.2, -0.15) is 0 Å². The van der Waals surface area contributed by atoms with Gasteiger partial charge < -0.3 is 10.6 Å². The van der Waals surface area contributed by atoms with E-state index in [9.17, 15) is 4.39 Å². The van der Waals surface area contributed by atoms with Gasteiger partial charge in [0.2, 0.25) is 0 Å². The summed E-state index contributed by atoms with van der Waals surface area (Å²) in [6, 6.07) is 5.32. The SMILES string of the molecule is CCN=C(NCC)NC(C)c1ccc(C)c(F)c1.I. The first-order chi connectivity index (χ1) is 8.58. The average Bonchev–Trinajstić information content (AvgIpc) is 2.33. The Morgan fingerprint density at radius 1 is 1.37 bits per heavy atom. The summed E-state index contributed by atoms with van der Waals surface area (Å²) in [5.74, 6) is 0.590. The quantitative estimate of drug-likeness (QED) is 0.478. The Bertz CT molecular complexity index is 421. The normalized spacial score (nSPS) is 12.6. The van der Waals surface area contributed by atoms with Crippen LogP contribution in [0.2, 0.25) is 0 Å². The first kappa shape index (κ1) is 18.1. The predicted molar refractivity (Wildman–Crippen MR) is 89.8 cm³/mol. The van der Waals surface area contributed by atoms with Gasteiger partial charge >= 0.3 is 0 Å². The molecule has 2 N–H and O–H groups in total. The fourth-order valence-corrected chi connectivity index (χ4v) is 1.64. The molecule has 1 aromatic rings. The van der Waals surface area contributed by atoms with Crippen LogP contribution < -0.4 is 10.6 Å². The summed E-state index contributed by atoms with van der Waals surface area (Å²) >= 11 is 0. The number of rotatable bonds is 4. The summed E-state index contributed by atoms with van der Waals surface area (Å²) in [4.78, 5) is 4.32. The molecule has 0 saturated carbocycles. The van der Waals surface area contributed by atoms with Crippen LogP contribution in [0.3, 0.4) is 0 Å².